The van der Waals surface area contributed by atoms with E-state index in [4.69, 9.17) is 8.92 Å². The van der Waals surface area contributed by atoms with Crippen LogP contribution in [0.1, 0.15) is 39.5 Å². The molecule has 0 aliphatic rings. The van der Waals surface area contributed by atoms with Crippen LogP contribution < -0.4 is 0 Å². The van der Waals surface area contributed by atoms with E-state index in [1.807, 2.05) is 0 Å². The summed E-state index contributed by atoms with van der Waals surface area (Å²) in [5, 5.41) is 0. The summed E-state index contributed by atoms with van der Waals surface area (Å²) in [5.74, 6) is 0.962. The second kappa shape index (κ2) is 8.19. The maximum absolute atomic E-state index is 5.82. The van der Waals surface area contributed by atoms with E-state index in [1.165, 1.54) is 30.1 Å². The van der Waals surface area contributed by atoms with Crippen molar-refractivity contribution in [2.24, 2.45) is 5.92 Å². The van der Waals surface area contributed by atoms with Crippen molar-refractivity contribution in [1.29, 1.82) is 0 Å². The van der Waals surface area contributed by atoms with Crippen molar-refractivity contribution in [3.8, 4) is 0 Å². The van der Waals surface area contributed by atoms with Gasteiger partial charge in [0.2, 0.25) is 0 Å². The van der Waals surface area contributed by atoms with Crippen molar-refractivity contribution in [2.45, 2.75) is 44.0 Å². The average Bonchev–Trinajstić information content (AvgIpc) is 1.98. The zero-order valence-corrected chi connectivity index (χ0v) is 10.6. The van der Waals surface area contributed by atoms with Crippen LogP contribution in [0.2, 0.25) is 4.44 Å². The summed E-state index contributed by atoms with van der Waals surface area (Å²) in [6.45, 7) is 4.54. The molecule has 0 N–H and O–H groups in total. The molecule has 1 unspecified atom stereocenters. The summed E-state index contributed by atoms with van der Waals surface area (Å²) in [4.78, 5) is 0. The van der Waals surface area contributed by atoms with Gasteiger partial charge in [-0.2, -0.15) is 0 Å². The third-order valence-corrected chi connectivity index (χ3v) is 5.03. The first kappa shape index (κ1) is 11.1. The Kier molecular flexibility index (Phi) is 9.08. The van der Waals surface area contributed by atoms with Gasteiger partial charge < -0.3 is 0 Å². The molecular formula is C8H17ClSn. The third-order valence-electron chi connectivity index (χ3n) is 1.91. The standard InChI is InChI=1S/C8H17.ClH.Sn/c1-4-6-7-8(3)5-2;;/h8H,3-7H2,1-2H3;1H;/q;;+1/p-1. The van der Waals surface area contributed by atoms with E-state index in [2.05, 4.69) is 13.8 Å². The van der Waals surface area contributed by atoms with Crippen molar-refractivity contribution >= 4 is 28.9 Å². The number of hydrogen-bond acceptors (Lipinski definition) is 0. The van der Waals surface area contributed by atoms with Crippen LogP contribution in [-0.4, -0.2) is 20.0 Å². The van der Waals surface area contributed by atoms with Crippen LogP contribution in [0.3, 0.4) is 0 Å². The first-order valence-corrected chi connectivity index (χ1v) is 9.81. The number of hydrogen-bond donors (Lipinski definition) is 0. The molecule has 0 saturated carbocycles. The quantitative estimate of drug-likeness (QED) is 0.646. The summed E-state index contributed by atoms with van der Waals surface area (Å²) in [6.07, 6.45) is 5.49. The van der Waals surface area contributed by atoms with Gasteiger partial charge in [0.05, 0.1) is 0 Å². The van der Waals surface area contributed by atoms with Crippen LogP contribution in [0.4, 0.5) is 0 Å². The molecule has 0 saturated heterocycles. The van der Waals surface area contributed by atoms with Gasteiger partial charge in [-0.3, -0.25) is 0 Å². The van der Waals surface area contributed by atoms with E-state index in [0.29, 0.717) is 0 Å². The minimum atomic E-state index is -0.432. The summed E-state index contributed by atoms with van der Waals surface area (Å²) in [6, 6.07) is 0. The SMILES string of the molecule is CCCCC(CC)[CH2][Sn][Cl]. The van der Waals surface area contributed by atoms with Gasteiger partial charge in [-0.25, -0.2) is 0 Å². The monoisotopic (exact) mass is 268 g/mol. The summed E-state index contributed by atoms with van der Waals surface area (Å²) in [7, 11) is 5.82. The van der Waals surface area contributed by atoms with Crippen molar-refractivity contribution in [2.75, 3.05) is 0 Å². The predicted octanol–water partition coefficient (Wildman–Crippen LogP) is 3.48. The van der Waals surface area contributed by atoms with Crippen LogP contribution in [0.25, 0.3) is 0 Å². The van der Waals surface area contributed by atoms with Crippen molar-refractivity contribution < 1.29 is 0 Å². The number of halogens is 1. The average molecular weight is 267 g/mol. The molecule has 0 spiro atoms. The molecule has 0 aliphatic heterocycles. The van der Waals surface area contributed by atoms with Gasteiger partial charge in [-0.15, -0.1) is 0 Å². The van der Waals surface area contributed by atoms with Gasteiger partial charge >= 0.3 is 78.8 Å². The molecule has 0 aliphatic carbocycles. The van der Waals surface area contributed by atoms with Gasteiger partial charge in [0.25, 0.3) is 0 Å². The number of rotatable bonds is 6. The zero-order valence-electron chi connectivity index (χ0n) is 6.99. The fourth-order valence-corrected chi connectivity index (χ4v) is 4.55. The molecular weight excluding hydrogens is 250 g/mol. The van der Waals surface area contributed by atoms with Crippen molar-refractivity contribution in [3.05, 3.63) is 0 Å². The van der Waals surface area contributed by atoms with Gasteiger partial charge in [0.15, 0.2) is 0 Å². The van der Waals surface area contributed by atoms with E-state index in [9.17, 15) is 0 Å². The molecule has 0 aromatic rings. The fraction of sp³-hybridized carbons (Fsp3) is 1.00. The first-order chi connectivity index (χ1) is 4.85. The summed E-state index contributed by atoms with van der Waals surface area (Å²) >= 11 is -0.432. The van der Waals surface area contributed by atoms with Crippen LogP contribution in [-0.2, 0) is 0 Å². The molecule has 60 valence electrons. The van der Waals surface area contributed by atoms with Gasteiger partial charge in [0, 0.05) is 0 Å². The Morgan fingerprint density at radius 2 is 2.10 bits per heavy atom. The van der Waals surface area contributed by atoms with E-state index in [-0.39, 0.29) is 0 Å². The molecule has 0 rings (SSSR count). The minimum absolute atomic E-state index is 0.432. The molecule has 0 fully saturated rings. The zero-order chi connectivity index (χ0) is 7.82. The molecule has 1 atom stereocenters. The fourth-order valence-electron chi connectivity index (χ4n) is 1.05. The third kappa shape index (κ3) is 5.84. The Morgan fingerprint density at radius 1 is 1.40 bits per heavy atom. The maximum atomic E-state index is 5.82. The molecule has 0 nitrogen and oxygen atoms in total. The molecule has 10 heavy (non-hydrogen) atoms. The summed E-state index contributed by atoms with van der Waals surface area (Å²) in [5.41, 5.74) is 0. The predicted molar refractivity (Wildman–Crippen MR) is 49.7 cm³/mol. The molecule has 2 heteroatoms. The summed E-state index contributed by atoms with van der Waals surface area (Å²) < 4.78 is 1.38. The van der Waals surface area contributed by atoms with Crippen LogP contribution in [0.5, 0.6) is 0 Å². The van der Waals surface area contributed by atoms with Gasteiger partial charge in [-0.05, 0) is 0 Å². The molecule has 0 aromatic carbocycles. The molecule has 2 radical (unpaired) electrons. The number of unbranched alkanes of at least 4 members (excludes halogenated alkanes) is 1. The van der Waals surface area contributed by atoms with Gasteiger partial charge in [-0.1, -0.05) is 0 Å². The Bertz CT molecular complexity index is 66.3. The first-order valence-electron chi connectivity index (χ1n) is 4.18. The second-order valence-corrected chi connectivity index (χ2v) is 6.48. The van der Waals surface area contributed by atoms with Crippen molar-refractivity contribution in [3.63, 3.8) is 0 Å². The Balaban J connectivity index is 3.21. The Morgan fingerprint density at radius 3 is 2.50 bits per heavy atom. The molecule has 0 heterocycles. The van der Waals surface area contributed by atoms with Crippen LogP contribution in [0, 0.1) is 5.92 Å². The normalized spacial score (nSPS) is 13.5. The van der Waals surface area contributed by atoms with Gasteiger partial charge in [0.1, 0.15) is 0 Å². The second-order valence-electron chi connectivity index (χ2n) is 2.75. The van der Waals surface area contributed by atoms with Crippen molar-refractivity contribution in [1.82, 2.24) is 0 Å². The Hall–Kier alpha value is 1.09. The van der Waals surface area contributed by atoms with E-state index in [0.717, 1.165) is 5.92 Å². The molecule has 0 amide bonds. The van der Waals surface area contributed by atoms with E-state index >= 15 is 0 Å². The molecule has 0 aromatic heterocycles. The molecule has 0 bridgehead atoms. The van der Waals surface area contributed by atoms with E-state index < -0.39 is 20.0 Å². The topological polar surface area (TPSA) is 0 Å². The van der Waals surface area contributed by atoms with Crippen LogP contribution in [0.15, 0.2) is 0 Å². The van der Waals surface area contributed by atoms with Crippen LogP contribution >= 0.6 is 8.92 Å². The van der Waals surface area contributed by atoms with E-state index in [1.54, 1.807) is 0 Å². The Labute approximate surface area is 78.7 Å².